The second-order valence-corrected chi connectivity index (χ2v) is 5.69. The SMILES string of the molecule is CC1(C)[C@H](C(F)(F)F)CCN1C(=O)[C@H]1CCC(=O)N1. The Morgan fingerprint density at radius 3 is 2.42 bits per heavy atom. The van der Waals surface area contributed by atoms with Crippen LogP contribution in [0.3, 0.4) is 0 Å². The second-order valence-electron chi connectivity index (χ2n) is 5.69. The third-order valence-corrected chi connectivity index (χ3v) is 4.14. The van der Waals surface area contributed by atoms with E-state index in [1.807, 2.05) is 0 Å². The number of hydrogen-bond donors (Lipinski definition) is 1. The first-order valence-corrected chi connectivity index (χ1v) is 6.31. The van der Waals surface area contributed by atoms with E-state index in [2.05, 4.69) is 5.32 Å². The van der Waals surface area contributed by atoms with Crippen LogP contribution in [0, 0.1) is 5.92 Å². The van der Waals surface area contributed by atoms with E-state index >= 15 is 0 Å². The molecule has 2 amide bonds. The molecule has 1 N–H and O–H groups in total. The lowest BCUT2D eigenvalue weighted by Crippen LogP contribution is -2.54. The zero-order valence-corrected chi connectivity index (χ0v) is 10.9. The zero-order valence-electron chi connectivity index (χ0n) is 10.9. The molecule has 2 heterocycles. The van der Waals surface area contributed by atoms with Gasteiger partial charge in [0.15, 0.2) is 0 Å². The monoisotopic (exact) mass is 278 g/mol. The summed E-state index contributed by atoms with van der Waals surface area (Å²) in [4.78, 5) is 24.6. The summed E-state index contributed by atoms with van der Waals surface area (Å²) in [6, 6.07) is -0.668. The van der Waals surface area contributed by atoms with Crippen LogP contribution in [-0.4, -0.2) is 41.0 Å². The molecule has 2 saturated heterocycles. The molecule has 0 bridgehead atoms. The van der Waals surface area contributed by atoms with Gasteiger partial charge in [-0.2, -0.15) is 13.2 Å². The molecule has 0 radical (unpaired) electrons. The van der Waals surface area contributed by atoms with E-state index in [4.69, 9.17) is 0 Å². The number of rotatable bonds is 1. The van der Waals surface area contributed by atoms with E-state index in [9.17, 15) is 22.8 Å². The minimum Gasteiger partial charge on any atom is -0.344 e. The summed E-state index contributed by atoms with van der Waals surface area (Å²) >= 11 is 0. The molecule has 0 unspecified atom stereocenters. The summed E-state index contributed by atoms with van der Waals surface area (Å²) in [5.41, 5.74) is -1.26. The molecule has 2 atom stereocenters. The number of halogens is 3. The average Bonchev–Trinajstić information content (AvgIpc) is 2.79. The van der Waals surface area contributed by atoms with E-state index in [0.29, 0.717) is 6.42 Å². The first-order valence-electron chi connectivity index (χ1n) is 6.31. The predicted octanol–water partition coefficient (Wildman–Crippen LogP) is 1.45. The summed E-state index contributed by atoms with van der Waals surface area (Å²) < 4.78 is 38.8. The van der Waals surface area contributed by atoms with E-state index in [1.165, 1.54) is 18.7 Å². The van der Waals surface area contributed by atoms with Gasteiger partial charge in [0.1, 0.15) is 6.04 Å². The van der Waals surface area contributed by atoms with Crippen molar-refractivity contribution in [1.29, 1.82) is 0 Å². The molecule has 0 aromatic rings. The first-order chi connectivity index (χ1) is 8.64. The van der Waals surface area contributed by atoms with Gasteiger partial charge in [-0.15, -0.1) is 0 Å². The number of amides is 2. The lowest BCUT2D eigenvalue weighted by atomic mass is 9.87. The molecule has 0 aromatic heterocycles. The summed E-state index contributed by atoms with van der Waals surface area (Å²) in [5.74, 6) is -2.13. The smallest absolute Gasteiger partial charge is 0.344 e. The van der Waals surface area contributed by atoms with Gasteiger partial charge in [0.25, 0.3) is 0 Å². The van der Waals surface area contributed by atoms with Crippen LogP contribution >= 0.6 is 0 Å². The van der Waals surface area contributed by atoms with Gasteiger partial charge < -0.3 is 10.2 Å². The van der Waals surface area contributed by atoms with Crippen molar-refractivity contribution in [2.45, 2.75) is 50.9 Å². The molecule has 4 nitrogen and oxygen atoms in total. The van der Waals surface area contributed by atoms with Crippen LogP contribution in [0.5, 0.6) is 0 Å². The van der Waals surface area contributed by atoms with Crippen molar-refractivity contribution >= 4 is 11.8 Å². The molecule has 19 heavy (non-hydrogen) atoms. The Balaban J connectivity index is 2.14. The van der Waals surface area contributed by atoms with Crippen LogP contribution in [0.2, 0.25) is 0 Å². The number of carbonyl (C=O) groups excluding carboxylic acids is 2. The highest BCUT2D eigenvalue weighted by Gasteiger charge is 2.56. The number of likely N-dealkylation sites (tertiary alicyclic amines) is 1. The van der Waals surface area contributed by atoms with Crippen LogP contribution in [0.4, 0.5) is 13.2 Å². The normalized spacial score (nSPS) is 30.6. The molecular weight excluding hydrogens is 261 g/mol. The van der Waals surface area contributed by atoms with Crippen molar-refractivity contribution < 1.29 is 22.8 Å². The molecule has 0 saturated carbocycles. The van der Waals surface area contributed by atoms with Crippen molar-refractivity contribution in [2.75, 3.05) is 6.54 Å². The molecule has 108 valence electrons. The van der Waals surface area contributed by atoms with E-state index in [0.717, 1.165) is 0 Å². The zero-order chi connectivity index (χ0) is 14.4. The maximum Gasteiger partial charge on any atom is 0.394 e. The van der Waals surface area contributed by atoms with Crippen LogP contribution < -0.4 is 5.32 Å². The van der Waals surface area contributed by atoms with Gasteiger partial charge in [-0.05, 0) is 26.7 Å². The topological polar surface area (TPSA) is 49.4 Å². The first kappa shape index (κ1) is 14.1. The van der Waals surface area contributed by atoms with E-state index in [-0.39, 0.29) is 25.3 Å². The van der Waals surface area contributed by atoms with Crippen molar-refractivity contribution in [3.63, 3.8) is 0 Å². The molecule has 0 aliphatic carbocycles. The molecule has 0 spiro atoms. The van der Waals surface area contributed by atoms with Crippen molar-refractivity contribution in [3.8, 4) is 0 Å². The highest BCUT2D eigenvalue weighted by Crippen LogP contribution is 2.45. The molecular formula is C12H17F3N2O2. The summed E-state index contributed by atoms with van der Waals surface area (Å²) in [5, 5.41) is 2.51. The van der Waals surface area contributed by atoms with Gasteiger partial charge in [0.05, 0.1) is 5.92 Å². The number of carbonyl (C=O) groups is 2. The molecule has 2 aliphatic rings. The summed E-state index contributed by atoms with van der Waals surface area (Å²) in [7, 11) is 0. The van der Waals surface area contributed by atoms with Crippen LogP contribution in [0.1, 0.15) is 33.1 Å². The van der Waals surface area contributed by atoms with E-state index in [1.54, 1.807) is 0 Å². The third-order valence-electron chi connectivity index (χ3n) is 4.14. The Kier molecular flexibility index (Phi) is 3.26. The van der Waals surface area contributed by atoms with Crippen LogP contribution in [0.15, 0.2) is 0 Å². The molecule has 2 rings (SSSR count). The van der Waals surface area contributed by atoms with Crippen molar-refractivity contribution in [2.24, 2.45) is 5.92 Å². The fourth-order valence-electron chi connectivity index (χ4n) is 3.03. The molecule has 2 fully saturated rings. The fourth-order valence-corrected chi connectivity index (χ4v) is 3.03. The van der Waals surface area contributed by atoms with Gasteiger partial charge in [0, 0.05) is 18.5 Å². The number of nitrogens with one attached hydrogen (secondary N) is 1. The summed E-state index contributed by atoms with van der Waals surface area (Å²) in [6.45, 7) is 2.96. The highest BCUT2D eigenvalue weighted by atomic mass is 19.4. The highest BCUT2D eigenvalue weighted by molar-refractivity contribution is 5.91. The maximum atomic E-state index is 12.9. The molecule has 0 aromatic carbocycles. The number of hydrogen-bond acceptors (Lipinski definition) is 2. The fraction of sp³-hybridized carbons (Fsp3) is 0.833. The Morgan fingerprint density at radius 1 is 1.37 bits per heavy atom. The molecule has 2 aliphatic heterocycles. The Morgan fingerprint density at radius 2 is 2.00 bits per heavy atom. The largest absolute Gasteiger partial charge is 0.394 e. The number of alkyl halides is 3. The molecule has 7 heteroatoms. The van der Waals surface area contributed by atoms with Gasteiger partial charge >= 0.3 is 6.18 Å². The Hall–Kier alpha value is -1.27. The van der Waals surface area contributed by atoms with Crippen LogP contribution in [-0.2, 0) is 9.59 Å². The quantitative estimate of drug-likeness (QED) is 0.789. The second kappa shape index (κ2) is 4.38. The Labute approximate surface area is 109 Å². The maximum absolute atomic E-state index is 12.9. The lowest BCUT2D eigenvalue weighted by molar-refractivity contribution is -0.192. The van der Waals surface area contributed by atoms with Crippen molar-refractivity contribution in [3.05, 3.63) is 0 Å². The lowest BCUT2D eigenvalue weighted by Gasteiger charge is -2.37. The summed E-state index contributed by atoms with van der Waals surface area (Å²) in [6.07, 6.45) is -3.77. The van der Waals surface area contributed by atoms with Gasteiger partial charge in [0.2, 0.25) is 11.8 Å². The van der Waals surface area contributed by atoms with Crippen molar-refractivity contribution in [1.82, 2.24) is 10.2 Å². The number of nitrogens with zero attached hydrogens (tertiary/aromatic N) is 1. The van der Waals surface area contributed by atoms with Gasteiger partial charge in [-0.1, -0.05) is 0 Å². The minimum absolute atomic E-state index is 0.0804. The van der Waals surface area contributed by atoms with Gasteiger partial charge in [-0.3, -0.25) is 9.59 Å². The predicted molar refractivity (Wildman–Crippen MR) is 61.1 cm³/mol. The third kappa shape index (κ3) is 2.42. The standard InChI is InChI=1S/C12H17F3N2O2/c1-11(2)8(12(13,14)15)5-6-17(11)10(19)7-3-4-9(18)16-7/h7-8H,3-6H2,1-2H3,(H,16,18)/t7-,8-/m1/s1. The van der Waals surface area contributed by atoms with Crippen LogP contribution in [0.25, 0.3) is 0 Å². The Bertz CT molecular complexity index is 406. The van der Waals surface area contributed by atoms with E-state index < -0.39 is 29.6 Å². The minimum atomic E-state index is -4.31. The van der Waals surface area contributed by atoms with Gasteiger partial charge in [-0.25, -0.2) is 0 Å². The average molecular weight is 278 g/mol.